The second-order valence-corrected chi connectivity index (χ2v) is 7.32. The molecule has 0 saturated carbocycles. The molecular formula is C24H23FN2O5. The van der Waals surface area contributed by atoms with Gasteiger partial charge in [0.2, 0.25) is 0 Å². The smallest absolute Gasteiger partial charge is 0.394 e. The molecule has 0 aliphatic carbocycles. The van der Waals surface area contributed by atoms with E-state index in [2.05, 4.69) is 10.6 Å². The van der Waals surface area contributed by atoms with Crippen molar-refractivity contribution in [3.05, 3.63) is 82.7 Å². The van der Waals surface area contributed by atoms with Gasteiger partial charge in [-0.2, -0.15) is 0 Å². The third kappa shape index (κ3) is 5.83. The van der Waals surface area contributed by atoms with Gasteiger partial charge in [0.25, 0.3) is 0 Å². The average Bonchev–Trinajstić information content (AvgIpc) is 2.74. The van der Waals surface area contributed by atoms with Crippen LogP contribution in [-0.4, -0.2) is 22.1 Å². The molecule has 0 saturated heterocycles. The Kier molecular flexibility index (Phi) is 7.07. The van der Waals surface area contributed by atoms with Crippen LogP contribution < -0.4 is 15.4 Å². The Balaban J connectivity index is 1.70. The minimum Gasteiger partial charge on any atom is -0.508 e. The Labute approximate surface area is 184 Å². The number of benzene rings is 3. The van der Waals surface area contributed by atoms with E-state index >= 15 is 0 Å². The lowest BCUT2D eigenvalue weighted by Crippen LogP contribution is -2.21. The molecule has 0 bridgehead atoms. The van der Waals surface area contributed by atoms with Gasteiger partial charge in [0, 0.05) is 24.3 Å². The van der Waals surface area contributed by atoms with Crippen LogP contribution in [0.2, 0.25) is 0 Å². The van der Waals surface area contributed by atoms with E-state index in [0.717, 1.165) is 5.56 Å². The number of ether oxygens (including phenoxy) is 1. The zero-order valence-electron chi connectivity index (χ0n) is 17.6. The van der Waals surface area contributed by atoms with Crippen molar-refractivity contribution in [2.75, 3.05) is 5.32 Å². The molecule has 8 heteroatoms. The molecule has 0 heterocycles. The number of hydrogen-bond acceptors (Lipinski definition) is 5. The number of aromatic hydroxyl groups is 1. The summed E-state index contributed by atoms with van der Waals surface area (Å²) in [6.07, 6.45) is 0. The van der Waals surface area contributed by atoms with Crippen molar-refractivity contribution >= 4 is 17.6 Å². The molecule has 3 aromatic carbocycles. The number of carbonyl (C=O) groups excluding carboxylic acids is 1. The Morgan fingerprint density at radius 1 is 0.969 bits per heavy atom. The first-order valence-electron chi connectivity index (χ1n) is 9.83. The van der Waals surface area contributed by atoms with Crippen LogP contribution in [0.3, 0.4) is 0 Å². The van der Waals surface area contributed by atoms with Gasteiger partial charge in [-0.1, -0.05) is 12.1 Å². The van der Waals surface area contributed by atoms with Crippen LogP contribution in [0, 0.1) is 19.7 Å². The summed E-state index contributed by atoms with van der Waals surface area (Å²) in [4.78, 5) is 22.1. The third-order valence-corrected chi connectivity index (χ3v) is 4.74. The highest BCUT2D eigenvalue weighted by molar-refractivity contribution is 6.36. The molecular weight excluding hydrogens is 415 g/mol. The number of halogens is 1. The summed E-state index contributed by atoms with van der Waals surface area (Å²) in [5.41, 5.74) is 3.31. The van der Waals surface area contributed by atoms with Crippen molar-refractivity contribution in [1.82, 2.24) is 5.32 Å². The maximum Gasteiger partial charge on any atom is 0.394 e. The number of carboxylic acid groups (broad SMARTS) is 1. The zero-order valence-corrected chi connectivity index (χ0v) is 17.6. The Morgan fingerprint density at radius 2 is 1.62 bits per heavy atom. The van der Waals surface area contributed by atoms with Crippen LogP contribution >= 0.6 is 0 Å². The Morgan fingerprint density at radius 3 is 2.25 bits per heavy atom. The van der Waals surface area contributed by atoms with Crippen molar-refractivity contribution in [3.63, 3.8) is 0 Å². The fourth-order valence-corrected chi connectivity index (χ4v) is 3.20. The van der Waals surface area contributed by atoms with Crippen LogP contribution in [0.15, 0.2) is 54.6 Å². The molecule has 0 unspecified atom stereocenters. The van der Waals surface area contributed by atoms with Crippen LogP contribution in [0.4, 0.5) is 10.1 Å². The van der Waals surface area contributed by atoms with Crippen LogP contribution in [0.25, 0.3) is 0 Å². The number of anilines is 1. The molecule has 0 radical (unpaired) electrons. The minimum absolute atomic E-state index is 0.115. The number of nitrogens with one attached hydrogen (secondary N) is 2. The standard InChI is InChI=1S/C24H23FN2O5/c1-14-9-19(27-23(29)24(30)31)10-15(2)22(14)32-20-7-8-21(28)17(11-20)13-26-12-16-3-5-18(25)6-4-16/h3-11,26,28H,12-13H2,1-2H3,(H,27,29)(H,30,31). The summed E-state index contributed by atoms with van der Waals surface area (Å²) in [5.74, 6) is -1.79. The van der Waals surface area contributed by atoms with Crippen molar-refractivity contribution in [2.24, 2.45) is 0 Å². The SMILES string of the molecule is Cc1cc(NC(=O)C(=O)O)cc(C)c1Oc1ccc(O)c(CNCc2ccc(F)cc2)c1. The number of aryl methyl sites for hydroxylation is 2. The van der Waals surface area contributed by atoms with Gasteiger partial charge in [-0.05, 0) is 73.0 Å². The summed E-state index contributed by atoms with van der Waals surface area (Å²) in [6.45, 7) is 4.44. The maximum atomic E-state index is 13.0. The lowest BCUT2D eigenvalue weighted by Gasteiger charge is -2.15. The van der Waals surface area contributed by atoms with Gasteiger partial charge < -0.3 is 25.6 Å². The number of amides is 1. The molecule has 0 aliphatic heterocycles. The van der Waals surface area contributed by atoms with Gasteiger partial charge in [0.05, 0.1) is 0 Å². The highest BCUT2D eigenvalue weighted by atomic mass is 19.1. The highest BCUT2D eigenvalue weighted by Gasteiger charge is 2.14. The molecule has 0 spiro atoms. The predicted molar refractivity (Wildman–Crippen MR) is 117 cm³/mol. The molecule has 7 nitrogen and oxygen atoms in total. The van der Waals surface area contributed by atoms with Crippen LogP contribution in [-0.2, 0) is 22.7 Å². The second-order valence-electron chi connectivity index (χ2n) is 7.32. The van der Waals surface area contributed by atoms with Crippen LogP contribution in [0.5, 0.6) is 17.2 Å². The van der Waals surface area contributed by atoms with Gasteiger partial charge in [0.1, 0.15) is 23.1 Å². The number of hydrogen-bond donors (Lipinski definition) is 4. The number of aliphatic carboxylic acids is 1. The normalized spacial score (nSPS) is 10.6. The predicted octanol–water partition coefficient (Wildman–Crippen LogP) is 4.25. The first-order valence-corrected chi connectivity index (χ1v) is 9.83. The molecule has 3 aromatic rings. The van der Waals surface area contributed by atoms with E-state index in [1.807, 2.05) is 0 Å². The van der Waals surface area contributed by atoms with E-state index in [-0.39, 0.29) is 11.6 Å². The number of phenolic OH excluding ortho intramolecular Hbond substituents is 1. The van der Waals surface area contributed by atoms with E-state index in [9.17, 15) is 19.1 Å². The van der Waals surface area contributed by atoms with Crippen LogP contribution in [0.1, 0.15) is 22.3 Å². The largest absolute Gasteiger partial charge is 0.508 e. The average molecular weight is 438 g/mol. The topological polar surface area (TPSA) is 108 Å². The lowest BCUT2D eigenvalue weighted by atomic mass is 10.1. The lowest BCUT2D eigenvalue weighted by molar-refractivity contribution is -0.147. The molecule has 166 valence electrons. The fourth-order valence-electron chi connectivity index (χ4n) is 3.20. The van der Waals surface area contributed by atoms with Gasteiger partial charge in [0.15, 0.2) is 0 Å². The molecule has 0 aromatic heterocycles. The molecule has 0 atom stereocenters. The Bertz CT molecular complexity index is 1120. The molecule has 3 rings (SSSR count). The van der Waals surface area contributed by atoms with E-state index in [1.165, 1.54) is 18.2 Å². The van der Waals surface area contributed by atoms with E-state index < -0.39 is 11.9 Å². The van der Waals surface area contributed by atoms with Gasteiger partial charge in [-0.15, -0.1) is 0 Å². The number of phenols is 1. The van der Waals surface area contributed by atoms with Gasteiger partial charge in [-0.25, -0.2) is 9.18 Å². The number of carbonyl (C=O) groups is 2. The van der Waals surface area contributed by atoms with Gasteiger partial charge >= 0.3 is 11.9 Å². The third-order valence-electron chi connectivity index (χ3n) is 4.74. The van der Waals surface area contributed by atoms with Gasteiger partial charge in [-0.3, -0.25) is 4.79 Å². The maximum absolute atomic E-state index is 13.0. The monoisotopic (exact) mass is 438 g/mol. The highest BCUT2D eigenvalue weighted by Crippen LogP contribution is 2.33. The summed E-state index contributed by atoms with van der Waals surface area (Å²) in [7, 11) is 0. The van der Waals surface area contributed by atoms with E-state index in [0.29, 0.717) is 47.0 Å². The summed E-state index contributed by atoms with van der Waals surface area (Å²) < 4.78 is 19.0. The first kappa shape index (κ1) is 22.8. The van der Waals surface area contributed by atoms with Crippen molar-refractivity contribution < 1.29 is 28.9 Å². The minimum atomic E-state index is -1.56. The summed E-state index contributed by atoms with van der Waals surface area (Å²) >= 11 is 0. The number of rotatable bonds is 7. The second kappa shape index (κ2) is 9.93. The Hall–Kier alpha value is -3.91. The molecule has 32 heavy (non-hydrogen) atoms. The quantitative estimate of drug-likeness (QED) is 0.411. The molecule has 0 aliphatic rings. The van der Waals surface area contributed by atoms with Crippen molar-refractivity contribution in [3.8, 4) is 17.2 Å². The molecule has 1 amide bonds. The van der Waals surface area contributed by atoms with E-state index in [1.54, 1.807) is 50.2 Å². The molecule has 4 N–H and O–H groups in total. The molecule has 0 fully saturated rings. The summed E-state index contributed by atoms with van der Waals surface area (Å²) in [5, 5.41) is 24.4. The fraction of sp³-hybridized carbons (Fsp3) is 0.167. The first-order chi connectivity index (χ1) is 15.2. The van der Waals surface area contributed by atoms with Crippen molar-refractivity contribution in [2.45, 2.75) is 26.9 Å². The summed E-state index contributed by atoms with van der Waals surface area (Å²) in [6, 6.07) is 14.3. The van der Waals surface area contributed by atoms with Crippen molar-refractivity contribution in [1.29, 1.82) is 0 Å². The van der Waals surface area contributed by atoms with E-state index in [4.69, 9.17) is 9.84 Å². The zero-order chi connectivity index (χ0) is 23.3. The number of carboxylic acids is 1.